The van der Waals surface area contributed by atoms with Crippen LogP contribution in [0.25, 0.3) is 0 Å². The molecule has 0 saturated heterocycles. The van der Waals surface area contributed by atoms with Crippen molar-refractivity contribution in [3.05, 3.63) is 41.2 Å². The molecule has 1 heterocycles. The number of aryl methyl sites for hydroxylation is 2. The van der Waals surface area contributed by atoms with Crippen LogP contribution in [-0.2, 0) is 19.8 Å². The van der Waals surface area contributed by atoms with Crippen LogP contribution >= 0.6 is 0 Å². The van der Waals surface area contributed by atoms with E-state index in [-0.39, 0.29) is 18.0 Å². The first-order valence-electron chi connectivity index (χ1n) is 6.29. The first-order chi connectivity index (χ1) is 9.81. The Morgan fingerprint density at radius 3 is 2.57 bits per heavy atom. The van der Waals surface area contributed by atoms with Crippen molar-refractivity contribution in [1.82, 2.24) is 9.78 Å². The topological polar surface area (TPSA) is 39.1 Å². The number of nitrogens with one attached hydrogen (secondary N) is 1. The quantitative estimate of drug-likeness (QED) is 0.941. The van der Waals surface area contributed by atoms with Gasteiger partial charge in [-0.15, -0.1) is 0 Å². The van der Waals surface area contributed by atoms with Crippen LogP contribution in [0.2, 0.25) is 0 Å². The van der Waals surface area contributed by atoms with Crippen molar-refractivity contribution in [3.8, 4) is 5.75 Å². The number of benzene rings is 1. The van der Waals surface area contributed by atoms with E-state index in [0.29, 0.717) is 0 Å². The van der Waals surface area contributed by atoms with Gasteiger partial charge in [0.05, 0.1) is 18.4 Å². The molecule has 7 heteroatoms. The molecule has 1 aromatic heterocycles. The number of ether oxygens (including phenoxy) is 1. The van der Waals surface area contributed by atoms with E-state index < -0.39 is 11.7 Å². The Kier molecular flexibility index (Phi) is 4.11. The van der Waals surface area contributed by atoms with Crippen LogP contribution in [0.3, 0.4) is 0 Å². The standard InChI is InChI=1S/C14H16F3N3O/c1-9-10(8-20(2)19-9)7-18-13-5-4-11(21-3)6-12(13)14(15,16)17/h4-6,8,18H,7H2,1-3H3. The van der Waals surface area contributed by atoms with Gasteiger partial charge in [-0.1, -0.05) is 0 Å². The highest BCUT2D eigenvalue weighted by atomic mass is 19.4. The summed E-state index contributed by atoms with van der Waals surface area (Å²) in [6.45, 7) is 2.09. The first-order valence-corrected chi connectivity index (χ1v) is 6.29. The average molecular weight is 299 g/mol. The molecular formula is C14H16F3N3O. The van der Waals surface area contributed by atoms with E-state index >= 15 is 0 Å². The van der Waals surface area contributed by atoms with Crippen molar-refractivity contribution < 1.29 is 17.9 Å². The fraction of sp³-hybridized carbons (Fsp3) is 0.357. The molecule has 0 aliphatic carbocycles. The van der Waals surface area contributed by atoms with Gasteiger partial charge in [0.25, 0.3) is 0 Å². The minimum Gasteiger partial charge on any atom is -0.497 e. The number of hydrogen-bond donors (Lipinski definition) is 1. The molecule has 2 aromatic rings. The van der Waals surface area contributed by atoms with Crippen molar-refractivity contribution in [1.29, 1.82) is 0 Å². The molecule has 1 N–H and O–H groups in total. The van der Waals surface area contributed by atoms with Gasteiger partial charge in [-0.05, 0) is 25.1 Å². The van der Waals surface area contributed by atoms with Gasteiger partial charge in [-0.3, -0.25) is 4.68 Å². The number of alkyl halides is 3. The summed E-state index contributed by atoms with van der Waals surface area (Å²) in [5.41, 5.74) is 0.906. The molecule has 2 rings (SSSR count). The van der Waals surface area contributed by atoms with Crippen LogP contribution in [0.4, 0.5) is 18.9 Å². The summed E-state index contributed by atoms with van der Waals surface area (Å²) < 4.78 is 45.7. The summed E-state index contributed by atoms with van der Waals surface area (Å²) in [6, 6.07) is 3.85. The van der Waals surface area contributed by atoms with E-state index in [9.17, 15) is 13.2 Å². The summed E-state index contributed by atoms with van der Waals surface area (Å²) in [6.07, 6.45) is -2.67. The Morgan fingerprint density at radius 1 is 1.33 bits per heavy atom. The van der Waals surface area contributed by atoms with E-state index in [0.717, 1.165) is 17.3 Å². The molecule has 0 aliphatic heterocycles. The van der Waals surface area contributed by atoms with E-state index in [1.54, 1.807) is 17.9 Å². The smallest absolute Gasteiger partial charge is 0.418 e. The molecule has 0 bridgehead atoms. The second kappa shape index (κ2) is 5.67. The maximum Gasteiger partial charge on any atom is 0.418 e. The lowest BCUT2D eigenvalue weighted by atomic mass is 10.1. The Balaban J connectivity index is 2.25. The predicted octanol–water partition coefficient (Wildman–Crippen LogP) is 3.37. The van der Waals surface area contributed by atoms with E-state index in [1.807, 2.05) is 6.92 Å². The molecule has 0 amide bonds. The third-order valence-electron chi connectivity index (χ3n) is 3.12. The fourth-order valence-electron chi connectivity index (χ4n) is 2.05. The molecule has 0 atom stereocenters. The van der Waals surface area contributed by atoms with Gasteiger partial charge in [0.1, 0.15) is 5.75 Å². The van der Waals surface area contributed by atoms with Crippen LogP contribution in [0.5, 0.6) is 5.75 Å². The summed E-state index contributed by atoms with van der Waals surface area (Å²) >= 11 is 0. The molecule has 21 heavy (non-hydrogen) atoms. The SMILES string of the molecule is COc1ccc(NCc2cn(C)nc2C)c(C(F)(F)F)c1. The largest absolute Gasteiger partial charge is 0.497 e. The Bertz CT molecular complexity index is 635. The summed E-state index contributed by atoms with van der Waals surface area (Å²) in [4.78, 5) is 0. The predicted molar refractivity (Wildman–Crippen MR) is 73.3 cm³/mol. The van der Waals surface area contributed by atoms with Gasteiger partial charge in [-0.25, -0.2) is 0 Å². The number of rotatable bonds is 4. The Hall–Kier alpha value is -2.18. The van der Waals surface area contributed by atoms with Crippen molar-refractivity contribution in [2.75, 3.05) is 12.4 Å². The first kappa shape index (κ1) is 15.2. The van der Waals surface area contributed by atoms with Crippen LogP contribution in [0, 0.1) is 6.92 Å². The van der Waals surface area contributed by atoms with Gasteiger partial charge in [0, 0.05) is 31.0 Å². The van der Waals surface area contributed by atoms with Crippen LogP contribution in [0.15, 0.2) is 24.4 Å². The van der Waals surface area contributed by atoms with E-state index in [2.05, 4.69) is 10.4 Å². The number of anilines is 1. The Labute approximate surface area is 120 Å². The van der Waals surface area contributed by atoms with Gasteiger partial charge in [-0.2, -0.15) is 18.3 Å². The van der Waals surface area contributed by atoms with Crippen LogP contribution in [0.1, 0.15) is 16.8 Å². The number of aromatic nitrogens is 2. The van der Waals surface area contributed by atoms with Gasteiger partial charge < -0.3 is 10.1 Å². The highest BCUT2D eigenvalue weighted by molar-refractivity contribution is 5.56. The molecule has 0 aliphatic rings. The number of methoxy groups -OCH3 is 1. The zero-order chi connectivity index (χ0) is 15.6. The summed E-state index contributed by atoms with van der Waals surface area (Å²) in [5.74, 6) is 0.172. The van der Waals surface area contributed by atoms with Crippen molar-refractivity contribution in [2.45, 2.75) is 19.6 Å². The van der Waals surface area contributed by atoms with Crippen LogP contribution in [-0.4, -0.2) is 16.9 Å². The molecule has 4 nitrogen and oxygen atoms in total. The third-order valence-corrected chi connectivity index (χ3v) is 3.12. The molecular weight excluding hydrogens is 283 g/mol. The normalized spacial score (nSPS) is 11.5. The summed E-state index contributed by atoms with van der Waals surface area (Å²) in [7, 11) is 3.10. The van der Waals surface area contributed by atoms with Crippen molar-refractivity contribution >= 4 is 5.69 Å². The third kappa shape index (κ3) is 3.48. The zero-order valence-electron chi connectivity index (χ0n) is 12.0. The van der Waals surface area contributed by atoms with Crippen molar-refractivity contribution in [3.63, 3.8) is 0 Å². The fourth-order valence-corrected chi connectivity index (χ4v) is 2.05. The second-order valence-electron chi connectivity index (χ2n) is 4.68. The molecule has 1 aromatic carbocycles. The lowest BCUT2D eigenvalue weighted by Gasteiger charge is -2.15. The molecule has 0 unspecified atom stereocenters. The van der Waals surface area contributed by atoms with Gasteiger partial charge in [0.2, 0.25) is 0 Å². The molecule has 114 valence electrons. The number of nitrogens with zero attached hydrogens (tertiary/aromatic N) is 2. The monoisotopic (exact) mass is 299 g/mol. The molecule has 0 radical (unpaired) electrons. The van der Waals surface area contributed by atoms with Crippen molar-refractivity contribution in [2.24, 2.45) is 7.05 Å². The Morgan fingerprint density at radius 2 is 2.05 bits per heavy atom. The minimum absolute atomic E-state index is 0.0200. The second-order valence-corrected chi connectivity index (χ2v) is 4.68. The van der Waals surface area contributed by atoms with E-state index in [1.165, 1.54) is 19.2 Å². The zero-order valence-corrected chi connectivity index (χ0v) is 12.0. The maximum absolute atomic E-state index is 13.1. The lowest BCUT2D eigenvalue weighted by Crippen LogP contribution is -2.11. The van der Waals surface area contributed by atoms with Gasteiger partial charge >= 0.3 is 6.18 Å². The van der Waals surface area contributed by atoms with E-state index in [4.69, 9.17) is 4.74 Å². The molecule has 0 saturated carbocycles. The maximum atomic E-state index is 13.1. The van der Waals surface area contributed by atoms with Gasteiger partial charge in [0.15, 0.2) is 0 Å². The minimum atomic E-state index is -4.44. The van der Waals surface area contributed by atoms with Crippen LogP contribution < -0.4 is 10.1 Å². The average Bonchev–Trinajstić information content (AvgIpc) is 2.73. The number of hydrogen-bond acceptors (Lipinski definition) is 3. The highest BCUT2D eigenvalue weighted by Crippen LogP contribution is 2.37. The molecule has 0 spiro atoms. The molecule has 0 fully saturated rings. The lowest BCUT2D eigenvalue weighted by molar-refractivity contribution is -0.137. The highest BCUT2D eigenvalue weighted by Gasteiger charge is 2.34. The number of halogens is 3. The summed E-state index contributed by atoms with van der Waals surface area (Å²) in [5, 5.41) is 6.97.